The minimum absolute atomic E-state index is 0.0973. The number of esters is 1. The number of amides is 3. The fourth-order valence-electron chi connectivity index (χ4n) is 4.94. The fraction of sp³-hybridized carbons (Fsp3) is 0.355. The monoisotopic (exact) mass is 667 g/mol. The molecule has 0 saturated carbocycles. The van der Waals surface area contributed by atoms with Gasteiger partial charge in [0.05, 0.1) is 6.10 Å². The van der Waals surface area contributed by atoms with Crippen LogP contribution in [-0.2, 0) is 28.7 Å². The maximum Gasteiger partial charge on any atom is 0.413 e. The Morgan fingerprint density at radius 3 is 2.28 bits per heavy atom. The molecular formula is C31H33N5O8S2. The molecule has 2 aliphatic heterocycles. The number of rotatable bonds is 9. The number of carbonyl (C=O) groups excluding carboxylic acids is 4. The Kier molecular flexibility index (Phi) is 9.94. The van der Waals surface area contributed by atoms with E-state index in [1.807, 2.05) is 60.7 Å². The number of thiazole rings is 1. The zero-order valence-corrected chi connectivity index (χ0v) is 27.0. The van der Waals surface area contributed by atoms with Crippen LogP contribution in [0.25, 0.3) is 0 Å². The van der Waals surface area contributed by atoms with Gasteiger partial charge in [0, 0.05) is 11.1 Å². The number of hydrogen-bond acceptors (Lipinski definition) is 12. The number of benzene rings is 2. The minimum Gasteiger partial charge on any atom is -0.451 e. The number of nitrogens with zero attached hydrogens (tertiary/aromatic N) is 3. The van der Waals surface area contributed by atoms with Gasteiger partial charge in [-0.2, -0.15) is 0 Å². The molecule has 242 valence electrons. The van der Waals surface area contributed by atoms with Crippen LogP contribution in [0.4, 0.5) is 9.93 Å². The highest BCUT2D eigenvalue weighted by atomic mass is 32.2. The lowest BCUT2D eigenvalue weighted by molar-refractivity contribution is -0.173. The predicted molar refractivity (Wildman–Crippen MR) is 171 cm³/mol. The van der Waals surface area contributed by atoms with Gasteiger partial charge in [0.2, 0.25) is 5.91 Å². The standard InChI is InChI=1S/C31H33N5O8S2/c1-31(2,3)44-30(41)34-29-32-19(15-46-29)21(35-42-4)25(38)33-22-26(39)36-23(20(37)16-45-27(22)36)28(40)43-24(17-11-7-5-8-12-17)18-13-9-6-10-14-18/h5-15,20,22-24,27,37H,16H2,1-4H3,(H,33,38)(H,32,34,41)/t20?,22-,23?,27-/m1/s1. The van der Waals surface area contributed by atoms with Crippen molar-refractivity contribution in [3.05, 3.63) is 82.9 Å². The SMILES string of the molecule is CON=C(C(=O)N[C@@H]1C(=O)N2C(C(=O)OC(c3ccccc3)c3ccccc3)C(O)CS[C@H]12)c1csc(NC(=O)OC(C)(C)C)n1. The molecule has 3 amide bonds. The van der Waals surface area contributed by atoms with Crippen LogP contribution >= 0.6 is 23.1 Å². The van der Waals surface area contributed by atoms with Gasteiger partial charge in [-0.3, -0.25) is 14.9 Å². The maximum atomic E-state index is 13.6. The number of aliphatic hydroxyl groups excluding tert-OH is 1. The molecule has 1 aromatic heterocycles. The van der Waals surface area contributed by atoms with Gasteiger partial charge < -0.3 is 29.6 Å². The highest BCUT2D eigenvalue weighted by molar-refractivity contribution is 8.00. The lowest BCUT2D eigenvalue weighted by atomic mass is 9.98. The van der Waals surface area contributed by atoms with Crippen molar-refractivity contribution < 1.29 is 38.6 Å². The molecule has 15 heteroatoms. The Hall–Kier alpha value is -4.47. The van der Waals surface area contributed by atoms with E-state index < -0.39 is 59.1 Å². The summed E-state index contributed by atoms with van der Waals surface area (Å²) >= 11 is 2.27. The number of hydrogen-bond donors (Lipinski definition) is 3. The lowest BCUT2D eigenvalue weighted by Crippen LogP contribution is -2.77. The molecule has 3 N–H and O–H groups in total. The van der Waals surface area contributed by atoms with E-state index in [0.29, 0.717) is 0 Å². The number of aliphatic hydroxyl groups is 1. The second-order valence-electron chi connectivity index (χ2n) is 11.4. The first-order chi connectivity index (χ1) is 22.0. The molecule has 5 rings (SSSR count). The smallest absolute Gasteiger partial charge is 0.413 e. The Labute approximate surface area is 273 Å². The van der Waals surface area contributed by atoms with E-state index in [1.165, 1.54) is 29.2 Å². The van der Waals surface area contributed by atoms with E-state index in [2.05, 4.69) is 20.8 Å². The van der Waals surface area contributed by atoms with E-state index in [4.69, 9.17) is 14.3 Å². The first-order valence-electron chi connectivity index (χ1n) is 14.3. The maximum absolute atomic E-state index is 13.6. The van der Waals surface area contributed by atoms with Crippen LogP contribution in [0.5, 0.6) is 0 Å². The number of nitrogens with one attached hydrogen (secondary N) is 2. The van der Waals surface area contributed by atoms with Crippen molar-refractivity contribution in [1.29, 1.82) is 0 Å². The van der Waals surface area contributed by atoms with Gasteiger partial charge in [-0.1, -0.05) is 65.8 Å². The summed E-state index contributed by atoms with van der Waals surface area (Å²) < 4.78 is 11.2. The third-order valence-electron chi connectivity index (χ3n) is 6.90. The summed E-state index contributed by atoms with van der Waals surface area (Å²) in [4.78, 5) is 62.8. The molecule has 3 aromatic rings. The Balaban J connectivity index is 1.28. The van der Waals surface area contributed by atoms with Gasteiger partial charge in [0.15, 0.2) is 23.0 Å². The molecule has 2 unspecified atom stereocenters. The number of thioether (sulfide) groups is 1. The van der Waals surface area contributed by atoms with Gasteiger partial charge in [0.1, 0.15) is 29.8 Å². The summed E-state index contributed by atoms with van der Waals surface area (Å²) in [7, 11) is 1.25. The van der Waals surface area contributed by atoms with Crippen molar-refractivity contribution in [1.82, 2.24) is 15.2 Å². The van der Waals surface area contributed by atoms with Crippen LogP contribution < -0.4 is 10.6 Å². The molecule has 0 radical (unpaired) electrons. The van der Waals surface area contributed by atoms with E-state index in [0.717, 1.165) is 22.5 Å². The summed E-state index contributed by atoms with van der Waals surface area (Å²) in [5, 5.41) is 20.8. The minimum atomic E-state index is -1.27. The van der Waals surface area contributed by atoms with Gasteiger partial charge in [0.25, 0.3) is 5.91 Å². The number of oxime groups is 1. The first-order valence-corrected chi connectivity index (χ1v) is 16.2. The van der Waals surface area contributed by atoms with Crippen molar-refractivity contribution in [2.75, 3.05) is 18.2 Å². The van der Waals surface area contributed by atoms with E-state index in [1.54, 1.807) is 20.8 Å². The topological polar surface area (TPSA) is 169 Å². The van der Waals surface area contributed by atoms with Crippen molar-refractivity contribution in [3.63, 3.8) is 0 Å². The highest BCUT2D eigenvalue weighted by Gasteiger charge is 2.58. The zero-order valence-electron chi connectivity index (χ0n) is 25.4. The molecule has 46 heavy (non-hydrogen) atoms. The normalized spacial score (nSPS) is 21.1. The quantitative estimate of drug-likeness (QED) is 0.133. The Morgan fingerprint density at radius 1 is 1.07 bits per heavy atom. The number of ether oxygens (including phenoxy) is 2. The van der Waals surface area contributed by atoms with Gasteiger partial charge in [-0.25, -0.2) is 14.6 Å². The molecule has 4 atom stereocenters. The number of β-lactam (4-membered cyclic amide) rings is 1. The number of carbonyl (C=O) groups is 4. The summed E-state index contributed by atoms with van der Waals surface area (Å²) in [5.74, 6) is -1.95. The Bertz CT molecular complexity index is 1570. The average Bonchev–Trinajstić information content (AvgIpc) is 3.48. The summed E-state index contributed by atoms with van der Waals surface area (Å²) in [6, 6.07) is 16.1. The molecule has 2 fully saturated rings. The third-order valence-corrected chi connectivity index (χ3v) is 9.03. The molecule has 2 aromatic carbocycles. The van der Waals surface area contributed by atoms with Crippen LogP contribution in [0.2, 0.25) is 0 Å². The second kappa shape index (κ2) is 13.9. The molecule has 2 saturated heterocycles. The Morgan fingerprint density at radius 2 is 1.70 bits per heavy atom. The van der Waals surface area contributed by atoms with Gasteiger partial charge in [-0.05, 0) is 31.9 Å². The lowest BCUT2D eigenvalue weighted by Gasteiger charge is -2.53. The molecule has 2 aliphatic rings. The van der Waals surface area contributed by atoms with Crippen LogP contribution in [0.3, 0.4) is 0 Å². The van der Waals surface area contributed by atoms with Crippen molar-refractivity contribution in [2.45, 2.75) is 56.0 Å². The summed E-state index contributed by atoms with van der Waals surface area (Å²) in [6.07, 6.45) is -2.66. The zero-order chi connectivity index (χ0) is 33.0. The largest absolute Gasteiger partial charge is 0.451 e. The van der Waals surface area contributed by atoms with E-state index >= 15 is 0 Å². The summed E-state index contributed by atoms with van der Waals surface area (Å²) in [6.45, 7) is 5.16. The average molecular weight is 668 g/mol. The number of anilines is 1. The van der Waals surface area contributed by atoms with Crippen LogP contribution in [-0.4, -0.2) is 86.6 Å². The molecule has 3 heterocycles. The second-order valence-corrected chi connectivity index (χ2v) is 13.4. The van der Waals surface area contributed by atoms with Crippen LogP contribution in [0.15, 0.2) is 71.2 Å². The number of fused-ring (bicyclic) bond motifs is 1. The number of aromatic nitrogens is 1. The van der Waals surface area contributed by atoms with E-state index in [-0.39, 0.29) is 22.3 Å². The van der Waals surface area contributed by atoms with Gasteiger partial charge in [-0.15, -0.1) is 23.1 Å². The molecule has 0 aliphatic carbocycles. The molecule has 0 spiro atoms. The molecule has 0 bridgehead atoms. The van der Waals surface area contributed by atoms with Crippen molar-refractivity contribution in [2.24, 2.45) is 5.16 Å². The van der Waals surface area contributed by atoms with Crippen LogP contribution in [0, 0.1) is 0 Å². The summed E-state index contributed by atoms with van der Waals surface area (Å²) in [5.41, 5.74) is 0.613. The highest BCUT2D eigenvalue weighted by Crippen LogP contribution is 2.39. The first kappa shape index (κ1) is 32.9. The van der Waals surface area contributed by atoms with Crippen molar-refractivity contribution in [3.8, 4) is 0 Å². The predicted octanol–water partition coefficient (Wildman–Crippen LogP) is 3.30. The molecular weight excluding hydrogens is 635 g/mol. The molecule has 13 nitrogen and oxygen atoms in total. The third kappa shape index (κ3) is 7.32. The van der Waals surface area contributed by atoms with Crippen molar-refractivity contribution >= 4 is 57.8 Å². The van der Waals surface area contributed by atoms with Gasteiger partial charge >= 0.3 is 12.1 Å². The fourth-order valence-corrected chi connectivity index (χ4v) is 6.97. The van der Waals surface area contributed by atoms with E-state index in [9.17, 15) is 24.3 Å². The van der Waals surface area contributed by atoms with Crippen LogP contribution in [0.1, 0.15) is 43.7 Å².